The van der Waals surface area contributed by atoms with E-state index in [4.69, 9.17) is 0 Å². The van der Waals surface area contributed by atoms with Gasteiger partial charge in [-0.15, -0.1) is 0 Å². The van der Waals surface area contributed by atoms with Gasteiger partial charge in [-0.1, -0.05) is 61.4 Å². The molecule has 0 saturated heterocycles. The summed E-state index contributed by atoms with van der Waals surface area (Å²) in [6, 6.07) is 6.86. The Morgan fingerprint density at radius 3 is 2.52 bits per heavy atom. The molecule has 116 valence electrons. The van der Waals surface area contributed by atoms with E-state index in [0.29, 0.717) is 0 Å². The first-order valence-electron chi connectivity index (χ1n) is 8.53. The van der Waals surface area contributed by atoms with Crippen molar-refractivity contribution >= 4 is 11.6 Å². The first-order valence-corrected chi connectivity index (χ1v) is 8.53. The predicted molar refractivity (Wildman–Crippen MR) is 99.3 cm³/mol. The van der Waals surface area contributed by atoms with Gasteiger partial charge in [0.05, 0.1) is 0 Å². The molecule has 0 N–H and O–H groups in total. The summed E-state index contributed by atoms with van der Waals surface area (Å²) in [7, 11) is 0. The molecule has 1 aromatic carbocycles. The zero-order valence-electron chi connectivity index (χ0n) is 14.7. The number of hydrogen-bond donors (Lipinski definition) is 0. The Kier molecular flexibility index (Phi) is 2.97. The van der Waals surface area contributed by atoms with E-state index in [1.54, 1.807) is 0 Å². The molecule has 0 amide bonds. The maximum Gasteiger partial charge on any atom is 0.0117 e. The normalized spacial score (nSPS) is 21.4. The van der Waals surface area contributed by atoms with E-state index >= 15 is 0 Å². The Morgan fingerprint density at radius 1 is 1.04 bits per heavy atom. The summed E-state index contributed by atoms with van der Waals surface area (Å²) in [5.41, 5.74) is 10.3. The van der Waals surface area contributed by atoms with Gasteiger partial charge in [0, 0.05) is 5.41 Å². The Balaban J connectivity index is 2.13. The number of fused-ring (bicyclic) bond motifs is 2. The zero-order valence-corrected chi connectivity index (χ0v) is 14.7. The summed E-state index contributed by atoms with van der Waals surface area (Å²) in [6.45, 7) is 11.6. The van der Waals surface area contributed by atoms with Crippen molar-refractivity contribution < 1.29 is 0 Å². The molecule has 0 saturated carbocycles. The molecule has 0 bridgehead atoms. The maximum absolute atomic E-state index is 2.42. The van der Waals surface area contributed by atoms with Crippen molar-refractivity contribution in [1.29, 1.82) is 0 Å². The molecule has 0 aliphatic heterocycles. The zero-order chi connectivity index (χ0) is 16.4. The van der Waals surface area contributed by atoms with Crippen LogP contribution in [0.3, 0.4) is 0 Å². The average Bonchev–Trinajstić information content (AvgIpc) is 3.12. The van der Waals surface area contributed by atoms with Gasteiger partial charge < -0.3 is 0 Å². The van der Waals surface area contributed by atoms with Gasteiger partial charge in [-0.05, 0) is 71.6 Å². The Hall–Kier alpha value is -2.08. The number of benzene rings is 1. The number of allylic oxidation sites excluding steroid dienone is 8. The van der Waals surface area contributed by atoms with Gasteiger partial charge in [-0.3, -0.25) is 0 Å². The molecular weight excluding hydrogens is 276 g/mol. The van der Waals surface area contributed by atoms with Crippen molar-refractivity contribution in [2.75, 3.05) is 0 Å². The summed E-state index contributed by atoms with van der Waals surface area (Å²) in [5, 5.41) is 2.78. The van der Waals surface area contributed by atoms with Crippen LogP contribution in [0.2, 0.25) is 0 Å². The summed E-state index contributed by atoms with van der Waals surface area (Å²) in [5.74, 6) is 0. The molecule has 3 aliphatic carbocycles. The lowest BCUT2D eigenvalue weighted by atomic mass is 9.65. The highest BCUT2D eigenvalue weighted by molar-refractivity contribution is 5.95. The molecule has 0 nitrogen and oxygen atoms in total. The van der Waals surface area contributed by atoms with Crippen molar-refractivity contribution in [2.45, 2.75) is 41.0 Å². The van der Waals surface area contributed by atoms with E-state index < -0.39 is 0 Å². The molecule has 0 fully saturated rings. The van der Waals surface area contributed by atoms with Crippen LogP contribution in [0.15, 0.2) is 64.3 Å². The third-order valence-electron chi connectivity index (χ3n) is 5.91. The minimum Gasteiger partial charge on any atom is -0.0801 e. The molecule has 0 unspecified atom stereocenters. The second kappa shape index (κ2) is 4.71. The number of rotatable bonds is 1. The van der Waals surface area contributed by atoms with Crippen LogP contribution >= 0.6 is 0 Å². The van der Waals surface area contributed by atoms with E-state index in [9.17, 15) is 0 Å². The molecule has 0 spiro atoms. The molecule has 0 atom stereocenters. The van der Waals surface area contributed by atoms with Crippen molar-refractivity contribution in [3.63, 3.8) is 0 Å². The van der Waals surface area contributed by atoms with Crippen LogP contribution < -0.4 is 10.4 Å². The Bertz CT molecular complexity index is 969. The van der Waals surface area contributed by atoms with Gasteiger partial charge in [0.1, 0.15) is 0 Å². The third kappa shape index (κ3) is 1.91. The third-order valence-corrected chi connectivity index (χ3v) is 5.91. The lowest BCUT2D eigenvalue weighted by Gasteiger charge is -2.38. The topological polar surface area (TPSA) is 0 Å². The van der Waals surface area contributed by atoms with Crippen LogP contribution in [-0.2, 0) is 0 Å². The van der Waals surface area contributed by atoms with Crippen molar-refractivity contribution in [3.05, 3.63) is 80.3 Å². The highest BCUT2D eigenvalue weighted by Crippen LogP contribution is 2.51. The fourth-order valence-corrected chi connectivity index (χ4v) is 4.39. The standard InChI is InChI=1S/C23H24/c1-14-10-11-19-18(12-14)13-20-21(19)15(2)16(3)23(4,5)22(20)17-8-6-7-9-17/h6-8,10-13H,9H2,1-5H3. The maximum atomic E-state index is 2.42. The molecule has 23 heavy (non-hydrogen) atoms. The first-order chi connectivity index (χ1) is 10.9. The lowest BCUT2D eigenvalue weighted by molar-refractivity contribution is 0.533. The fourth-order valence-electron chi connectivity index (χ4n) is 4.39. The van der Waals surface area contributed by atoms with E-state index in [0.717, 1.165) is 6.42 Å². The van der Waals surface area contributed by atoms with Crippen molar-refractivity contribution in [3.8, 4) is 0 Å². The van der Waals surface area contributed by atoms with E-state index in [1.807, 2.05) is 0 Å². The molecule has 0 aromatic heterocycles. The first kappa shape index (κ1) is 14.5. The monoisotopic (exact) mass is 300 g/mol. The van der Waals surface area contributed by atoms with E-state index in [-0.39, 0.29) is 5.41 Å². The second-order valence-electron chi connectivity index (χ2n) is 7.60. The van der Waals surface area contributed by atoms with Gasteiger partial charge in [-0.25, -0.2) is 0 Å². The largest absolute Gasteiger partial charge is 0.0801 e. The smallest absolute Gasteiger partial charge is 0.0117 e. The predicted octanol–water partition coefficient (Wildman–Crippen LogP) is 4.50. The van der Waals surface area contributed by atoms with Crippen molar-refractivity contribution in [1.82, 2.24) is 0 Å². The minimum atomic E-state index is 0.0916. The van der Waals surface area contributed by atoms with Crippen LogP contribution in [0, 0.1) is 12.3 Å². The van der Waals surface area contributed by atoms with Crippen molar-refractivity contribution in [2.24, 2.45) is 5.41 Å². The molecule has 3 aliphatic rings. The van der Waals surface area contributed by atoms with Crippen LogP contribution in [0.25, 0.3) is 11.6 Å². The second-order valence-corrected chi connectivity index (χ2v) is 7.60. The van der Waals surface area contributed by atoms with Crippen LogP contribution in [0.1, 0.15) is 39.7 Å². The van der Waals surface area contributed by atoms with Gasteiger partial charge in [0.15, 0.2) is 0 Å². The Labute approximate surface area is 138 Å². The highest BCUT2D eigenvalue weighted by Gasteiger charge is 2.37. The summed E-state index contributed by atoms with van der Waals surface area (Å²) < 4.78 is 0. The molecule has 0 heteroatoms. The van der Waals surface area contributed by atoms with Crippen LogP contribution in [0.5, 0.6) is 0 Å². The Morgan fingerprint density at radius 2 is 1.83 bits per heavy atom. The average molecular weight is 300 g/mol. The SMILES string of the molecule is CC1=C(C)C(C)(C)C(C2=CC=CC2)=C2C=c3cc(C)ccc3=C12. The minimum absolute atomic E-state index is 0.0916. The van der Waals surface area contributed by atoms with E-state index in [2.05, 4.69) is 77.1 Å². The van der Waals surface area contributed by atoms with Gasteiger partial charge in [-0.2, -0.15) is 0 Å². The van der Waals surface area contributed by atoms with Gasteiger partial charge in [0.25, 0.3) is 0 Å². The molecular formula is C23H24. The number of aryl methyl sites for hydroxylation is 1. The van der Waals surface area contributed by atoms with E-state index in [1.165, 1.54) is 49.4 Å². The summed E-state index contributed by atoms with van der Waals surface area (Å²) >= 11 is 0. The van der Waals surface area contributed by atoms with Crippen LogP contribution in [-0.4, -0.2) is 0 Å². The van der Waals surface area contributed by atoms with Gasteiger partial charge >= 0.3 is 0 Å². The quantitative estimate of drug-likeness (QED) is 0.716. The lowest BCUT2D eigenvalue weighted by Crippen LogP contribution is -2.27. The molecule has 0 radical (unpaired) electrons. The molecule has 1 aromatic rings. The molecule has 0 heterocycles. The van der Waals surface area contributed by atoms with Gasteiger partial charge in [0.2, 0.25) is 0 Å². The number of hydrogen-bond acceptors (Lipinski definition) is 0. The van der Waals surface area contributed by atoms with Crippen LogP contribution in [0.4, 0.5) is 0 Å². The fraction of sp³-hybridized carbons (Fsp3) is 0.304. The molecule has 4 rings (SSSR count). The highest BCUT2D eigenvalue weighted by atomic mass is 14.4. The summed E-state index contributed by atoms with van der Waals surface area (Å²) in [4.78, 5) is 0. The summed E-state index contributed by atoms with van der Waals surface area (Å²) in [6.07, 6.45) is 10.3.